The maximum absolute atomic E-state index is 11.9. The van der Waals surface area contributed by atoms with Gasteiger partial charge in [0.1, 0.15) is 6.61 Å². The van der Waals surface area contributed by atoms with Crippen LogP contribution < -0.4 is 5.32 Å². The van der Waals surface area contributed by atoms with Crippen LogP contribution in [0.3, 0.4) is 0 Å². The number of likely N-dealkylation sites (N-methyl/N-ethyl adjacent to an activating group) is 1. The summed E-state index contributed by atoms with van der Waals surface area (Å²) in [6.45, 7) is 2.19. The third kappa shape index (κ3) is 4.93. The molecule has 1 heterocycles. The molecule has 1 N–H and O–H groups in total. The van der Waals surface area contributed by atoms with Gasteiger partial charge in [0.25, 0.3) is 0 Å². The van der Waals surface area contributed by atoms with Crippen molar-refractivity contribution >= 4 is 35.0 Å². The van der Waals surface area contributed by atoms with Crippen molar-refractivity contribution < 1.29 is 14.3 Å². The van der Waals surface area contributed by atoms with Crippen molar-refractivity contribution in [2.75, 3.05) is 39.2 Å². The number of halogens is 2. The molecule has 0 bridgehead atoms. The zero-order valence-corrected chi connectivity index (χ0v) is 16.8. The van der Waals surface area contributed by atoms with Crippen LogP contribution in [0, 0.1) is 0 Å². The zero-order valence-electron chi connectivity index (χ0n) is 15.3. The van der Waals surface area contributed by atoms with Gasteiger partial charge >= 0.3 is 6.09 Å². The normalized spacial score (nSPS) is 16.7. The summed E-state index contributed by atoms with van der Waals surface area (Å²) in [6.07, 6.45) is -0.503. The molecular weight excluding hydrogens is 387 g/mol. The molecule has 1 unspecified atom stereocenters. The number of fused-ring (bicyclic) bond motifs is 1. The first-order valence-corrected chi connectivity index (χ1v) is 9.42. The number of hydrogen-bond donors (Lipinski definition) is 1. The standard InChI is InChI=1S/C20H22Cl2N2O3/c1-24-11-17(16-9-14(21)10-19(22)18(16)12-24)13-4-3-5-15(8-13)23-20(25)27-7-6-26-2/h3-5,8-10,17H,6-7,11-12H2,1-2H3,(H,23,25). The highest BCUT2D eigenvalue weighted by Gasteiger charge is 2.27. The Balaban J connectivity index is 1.84. The van der Waals surface area contributed by atoms with Gasteiger partial charge in [0.05, 0.1) is 6.61 Å². The Labute approximate surface area is 169 Å². The molecule has 0 radical (unpaired) electrons. The fourth-order valence-corrected chi connectivity index (χ4v) is 3.90. The number of methoxy groups -OCH3 is 1. The summed E-state index contributed by atoms with van der Waals surface area (Å²) in [5, 5.41) is 4.07. The number of rotatable bonds is 5. The van der Waals surface area contributed by atoms with Gasteiger partial charge in [0, 0.05) is 41.8 Å². The lowest BCUT2D eigenvalue weighted by atomic mass is 9.84. The highest BCUT2D eigenvalue weighted by atomic mass is 35.5. The van der Waals surface area contributed by atoms with Gasteiger partial charge in [-0.05, 0) is 48.0 Å². The number of amides is 1. The third-order valence-electron chi connectivity index (χ3n) is 4.55. The van der Waals surface area contributed by atoms with E-state index in [-0.39, 0.29) is 12.5 Å². The molecule has 1 atom stereocenters. The molecule has 0 saturated carbocycles. The van der Waals surface area contributed by atoms with E-state index in [1.54, 1.807) is 13.2 Å². The van der Waals surface area contributed by atoms with Crippen molar-refractivity contribution in [3.8, 4) is 0 Å². The zero-order chi connectivity index (χ0) is 19.4. The molecule has 3 rings (SSSR count). The van der Waals surface area contributed by atoms with Gasteiger partial charge in [0.15, 0.2) is 0 Å². The van der Waals surface area contributed by atoms with Crippen LogP contribution in [-0.2, 0) is 16.0 Å². The second kappa shape index (κ2) is 8.93. The summed E-state index contributed by atoms with van der Waals surface area (Å²) in [5.74, 6) is 0.112. The molecule has 0 aliphatic carbocycles. The minimum Gasteiger partial charge on any atom is -0.447 e. The summed E-state index contributed by atoms with van der Waals surface area (Å²) >= 11 is 12.7. The average molecular weight is 409 g/mol. The Morgan fingerprint density at radius 1 is 1.26 bits per heavy atom. The highest BCUT2D eigenvalue weighted by Crippen LogP contribution is 2.38. The smallest absolute Gasteiger partial charge is 0.411 e. The number of anilines is 1. The number of ether oxygens (including phenoxy) is 2. The van der Waals surface area contributed by atoms with Gasteiger partial charge in [-0.2, -0.15) is 0 Å². The first-order chi connectivity index (χ1) is 13.0. The van der Waals surface area contributed by atoms with Gasteiger partial charge in [0.2, 0.25) is 0 Å². The van der Waals surface area contributed by atoms with Gasteiger partial charge in [-0.25, -0.2) is 4.79 Å². The predicted octanol–water partition coefficient (Wildman–Crippen LogP) is 4.77. The topological polar surface area (TPSA) is 50.8 Å². The number of nitrogens with zero attached hydrogens (tertiary/aromatic N) is 1. The van der Waals surface area contributed by atoms with E-state index in [0.717, 1.165) is 29.8 Å². The molecule has 1 amide bonds. The van der Waals surface area contributed by atoms with Crippen LogP contribution in [-0.4, -0.2) is 44.9 Å². The lowest BCUT2D eigenvalue weighted by molar-refractivity contribution is 0.107. The summed E-state index contributed by atoms with van der Waals surface area (Å²) in [7, 11) is 3.62. The Kier molecular flexibility index (Phi) is 6.60. The van der Waals surface area contributed by atoms with Crippen molar-refractivity contribution in [2.24, 2.45) is 0 Å². The molecular formula is C20H22Cl2N2O3. The van der Waals surface area contributed by atoms with Crippen LogP contribution in [0.25, 0.3) is 0 Å². The van der Waals surface area contributed by atoms with Crippen LogP contribution in [0.1, 0.15) is 22.6 Å². The number of carbonyl (C=O) groups excluding carboxylic acids is 1. The minimum absolute atomic E-state index is 0.112. The van der Waals surface area contributed by atoms with E-state index >= 15 is 0 Å². The maximum Gasteiger partial charge on any atom is 0.411 e. The SMILES string of the molecule is COCCOC(=O)Nc1cccc(C2CN(C)Cc3c(Cl)cc(Cl)cc32)c1. The first kappa shape index (κ1) is 20.0. The lowest BCUT2D eigenvalue weighted by Gasteiger charge is -2.33. The van der Waals surface area contributed by atoms with Crippen molar-refractivity contribution in [3.63, 3.8) is 0 Å². The molecule has 7 heteroatoms. The van der Waals surface area contributed by atoms with Crippen LogP contribution in [0.15, 0.2) is 36.4 Å². The van der Waals surface area contributed by atoms with Crippen LogP contribution in [0.5, 0.6) is 0 Å². The summed E-state index contributed by atoms with van der Waals surface area (Å²) in [6, 6.07) is 11.5. The van der Waals surface area contributed by atoms with Gasteiger partial charge in [-0.1, -0.05) is 35.3 Å². The molecule has 27 heavy (non-hydrogen) atoms. The largest absolute Gasteiger partial charge is 0.447 e. The fraction of sp³-hybridized carbons (Fsp3) is 0.350. The van der Waals surface area contributed by atoms with E-state index in [1.807, 2.05) is 30.3 Å². The molecule has 0 fully saturated rings. The van der Waals surface area contributed by atoms with Crippen LogP contribution >= 0.6 is 23.2 Å². The third-order valence-corrected chi connectivity index (χ3v) is 5.10. The van der Waals surface area contributed by atoms with Crippen molar-refractivity contribution in [1.82, 2.24) is 4.90 Å². The van der Waals surface area contributed by atoms with E-state index < -0.39 is 6.09 Å². The van der Waals surface area contributed by atoms with Crippen LogP contribution in [0.4, 0.5) is 10.5 Å². The predicted molar refractivity (Wildman–Crippen MR) is 108 cm³/mol. The quantitative estimate of drug-likeness (QED) is 0.724. The molecule has 1 aliphatic heterocycles. The van der Waals surface area contributed by atoms with Crippen molar-refractivity contribution in [2.45, 2.75) is 12.5 Å². The highest BCUT2D eigenvalue weighted by molar-refractivity contribution is 6.35. The second-order valence-corrected chi connectivity index (χ2v) is 7.43. The van der Waals surface area contributed by atoms with E-state index in [1.165, 1.54) is 0 Å². The molecule has 144 valence electrons. The Bertz CT molecular complexity index is 829. The number of nitrogens with one attached hydrogen (secondary N) is 1. The molecule has 0 aromatic heterocycles. The monoisotopic (exact) mass is 408 g/mol. The van der Waals surface area contributed by atoms with Gasteiger partial charge in [-0.15, -0.1) is 0 Å². The van der Waals surface area contributed by atoms with Crippen molar-refractivity contribution in [1.29, 1.82) is 0 Å². The van der Waals surface area contributed by atoms with Gasteiger partial charge in [-0.3, -0.25) is 5.32 Å². The minimum atomic E-state index is -0.503. The Hall–Kier alpha value is -1.79. The molecule has 2 aromatic rings. The Morgan fingerprint density at radius 2 is 2.07 bits per heavy atom. The summed E-state index contributed by atoms with van der Waals surface area (Å²) in [5.41, 5.74) is 3.98. The number of carbonyl (C=O) groups is 1. The summed E-state index contributed by atoms with van der Waals surface area (Å²) < 4.78 is 9.93. The second-order valence-electron chi connectivity index (χ2n) is 6.58. The van der Waals surface area contributed by atoms with Crippen molar-refractivity contribution in [3.05, 3.63) is 63.1 Å². The number of hydrogen-bond acceptors (Lipinski definition) is 4. The number of benzene rings is 2. The molecule has 0 spiro atoms. The average Bonchev–Trinajstić information content (AvgIpc) is 2.62. The summed E-state index contributed by atoms with van der Waals surface area (Å²) in [4.78, 5) is 14.1. The molecule has 0 saturated heterocycles. The van der Waals surface area contributed by atoms with E-state index in [9.17, 15) is 4.79 Å². The Morgan fingerprint density at radius 3 is 2.85 bits per heavy atom. The molecule has 5 nitrogen and oxygen atoms in total. The fourth-order valence-electron chi connectivity index (χ4n) is 3.34. The maximum atomic E-state index is 11.9. The van der Waals surface area contributed by atoms with E-state index in [4.69, 9.17) is 32.7 Å². The first-order valence-electron chi connectivity index (χ1n) is 8.67. The molecule has 2 aromatic carbocycles. The van der Waals surface area contributed by atoms with E-state index in [2.05, 4.69) is 17.3 Å². The van der Waals surface area contributed by atoms with Crippen LogP contribution in [0.2, 0.25) is 10.0 Å². The molecule has 1 aliphatic rings. The van der Waals surface area contributed by atoms with E-state index in [0.29, 0.717) is 22.3 Å². The lowest BCUT2D eigenvalue weighted by Crippen LogP contribution is -2.31. The van der Waals surface area contributed by atoms with Gasteiger partial charge < -0.3 is 14.4 Å².